The van der Waals surface area contributed by atoms with Crippen LogP contribution in [0, 0.1) is 11.7 Å². The number of aromatic nitrogens is 2. The molecule has 218 valence electrons. The van der Waals surface area contributed by atoms with Gasteiger partial charge in [0.25, 0.3) is 6.47 Å². The summed E-state index contributed by atoms with van der Waals surface area (Å²) in [4.78, 5) is 28.5. The normalized spacial score (nSPS) is 16.5. The molecule has 1 heterocycles. The van der Waals surface area contributed by atoms with E-state index in [4.69, 9.17) is 9.90 Å². The van der Waals surface area contributed by atoms with Crippen LogP contribution in [-0.4, -0.2) is 34.5 Å². The summed E-state index contributed by atoms with van der Waals surface area (Å²) >= 11 is 3.54. The Labute approximate surface area is 239 Å². The van der Waals surface area contributed by atoms with Gasteiger partial charge in [-0.3, -0.25) is 14.3 Å². The van der Waals surface area contributed by atoms with E-state index in [2.05, 4.69) is 63.2 Å². The SMILES string of the molecule is CNS.O=C(Nc1ccc(C(F)(F)F)cc1F)C1CCCC(c2ccc(-c3ccc4nc[nH]c4c3)cc2)C1.O=CO. The highest BCUT2D eigenvalue weighted by Crippen LogP contribution is 2.38. The van der Waals surface area contributed by atoms with Crippen molar-refractivity contribution in [1.82, 2.24) is 14.7 Å². The predicted octanol–water partition coefficient (Wildman–Crippen LogP) is 7.05. The van der Waals surface area contributed by atoms with E-state index in [0.717, 1.165) is 52.7 Å². The predicted molar refractivity (Wildman–Crippen MR) is 153 cm³/mol. The van der Waals surface area contributed by atoms with Crippen LogP contribution in [0.15, 0.2) is 67.0 Å². The first kappa shape index (κ1) is 31.6. The fraction of sp³-hybridized carbons (Fsp3) is 0.276. The zero-order valence-electron chi connectivity index (χ0n) is 22.1. The average molecular weight is 591 g/mol. The van der Waals surface area contributed by atoms with E-state index >= 15 is 0 Å². The summed E-state index contributed by atoms with van der Waals surface area (Å²) in [6.45, 7) is -0.250. The maximum Gasteiger partial charge on any atom is 0.416 e. The molecule has 0 radical (unpaired) electrons. The molecular weight excluding hydrogens is 560 g/mol. The Kier molecular flexibility index (Phi) is 11.3. The van der Waals surface area contributed by atoms with Crippen molar-refractivity contribution in [3.8, 4) is 11.1 Å². The Morgan fingerprint density at radius 1 is 1.07 bits per heavy atom. The Bertz CT molecular complexity index is 1440. The Morgan fingerprint density at radius 3 is 2.37 bits per heavy atom. The van der Waals surface area contributed by atoms with Crippen molar-refractivity contribution in [3.05, 3.63) is 83.9 Å². The number of alkyl halides is 3. The van der Waals surface area contributed by atoms with Crippen LogP contribution in [0.1, 0.15) is 42.7 Å². The third kappa shape index (κ3) is 8.54. The van der Waals surface area contributed by atoms with E-state index in [9.17, 15) is 22.4 Å². The molecule has 4 aromatic rings. The minimum absolute atomic E-state index is 0.182. The number of benzene rings is 3. The van der Waals surface area contributed by atoms with Crippen LogP contribution in [0.25, 0.3) is 22.2 Å². The molecule has 0 spiro atoms. The molecule has 41 heavy (non-hydrogen) atoms. The standard InChI is InChI=1S/C27H23F4N3O.CH5NS.CH2O2/c28-22-14-21(27(29,30)31)9-11-23(22)34-26(35)20-3-1-2-18(12-20)16-4-6-17(7-5-16)19-8-10-24-25(13-19)33-15-32-24;1-2-3;2-1-3/h4-11,13-15,18,20H,1-3,12H2,(H,32,33)(H,34,35);2-3H,1H3;1H,(H,2,3). The molecule has 12 heteroatoms. The molecule has 1 fully saturated rings. The smallest absolute Gasteiger partial charge is 0.416 e. The van der Waals surface area contributed by atoms with Gasteiger partial charge in [-0.05, 0) is 79.3 Å². The third-order valence-electron chi connectivity index (χ3n) is 6.73. The number of halogens is 4. The number of fused-ring (bicyclic) bond motifs is 1. The second kappa shape index (κ2) is 14.6. The molecule has 1 aliphatic rings. The Balaban J connectivity index is 0.000000710. The van der Waals surface area contributed by atoms with Gasteiger partial charge in [0.05, 0.1) is 28.6 Å². The molecule has 0 bridgehead atoms. The van der Waals surface area contributed by atoms with Crippen LogP contribution in [0.5, 0.6) is 0 Å². The van der Waals surface area contributed by atoms with Gasteiger partial charge < -0.3 is 15.4 Å². The van der Waals surface area contributed by atoms with E-state index < -0.39 is 17.6 Å². The molecule has 2 unspecified atom stereocenters. The minimum Gasteiger partial charge on any atom is -0.483 e. The fourth-order valence-corrected chi connectivity index (χ4v) is 4.82. The van der Waals surface area contributed by atoms with Crippen LogP contribution in [-0.2, 0) is 15.8 Å². The first-order valence-electron chi connectivity index (χ1n) is 12.7. The monoisotopic (exact) mass is 590 g/mol. The number of thiol groups is 1. The van der Waals surface area contributed by atoms with Crippen molar-refractivity contribution < 1.29 is 32.3 Å². The van der Waals surface area contributed by atoms with Gasteiger partial charge >= 0.3 is 6.18 Å². The highest BCUT2D eigenvalue weighted by atomic mass is 32.1. The second-order valence-electron chi connectivity index (χ2n) is 9.33. The molecule has 5 rings (SSSR count). The van der Waals surface area contributed by atoms with Gasteiger partial charge in [0, 0.05) is 5.92 Å². The molecule has 4 N–H and O–H groups in total. The highest BCUT2D eigenvalue weighted by Gasteiger charge is 2.32. The Morgan fingerprint density at radius 2 is 1.73 bits per heavy atom. The van der Waals surface area contributed by atoms with E-state index in [1.165, 1.54) is 0 Å². The topological polar surface area (TPSA) is 107 Å². The summed E-state index contributed by atoms with van der Waals surface area (Å²) in [6.07, 6.45) is 0.0786. The van der Waals surface area contributed by atoms with Crippen molar-refractivity contribution in [2.45, 2.75) is 37.8 Å². The van der Waals surface area contributed by atoms with Gasteiger partial charge in [-0.2, -0.15) is 13.2 Å². The van der Waals surface area contributed by atoms with Gasteiger partial charge in [-0.15, -0.1) is 0 Å². The van der Waals surface area contributed by atoms with Gasteiger partial charge in [0.2, 0.25) is 5.91 Å². The molecule has 3 aromatic carbocycles. The summed E-state index contributed by atoms with van der Waals surface area (Å²) < 4.78 is 54.9. The van der Waals surface area contributed by atoms with Crippen LogP contribution >= 0.6 is 12.8 Å². The first-order valence-corrected chi connectivity index (χ1v) is 13.2. The van der Waals surface area contributed by atoms with Gasteiger partial charge in [0.15, 0.2) is 0 Å². The van der Waals surface area contributed by atoms with Crippen molar-refractivity contribution in [2.24, 2.45) is 5.92 Å². The third-order valence-corrected chi connectivity index (χ3v) is 6.73. The van der Waals surface area contributed by atoms with E-state index in [1.54, 1.807) is 13.4 Å². The number of anilines is 1. The molecular formula is C29H30F4N4O3S. The molecule has 1 saturated carbocycles. The number of rotatable bonds is 4. The summed E-state index contributed by atoms with van der Waals surface area (Å²) in [5.74, 6) is -1.61. The molecule has 0 aliphatic heterocycles. The van der Waals surface area contributed by atoms with Crippen molar-refractivity contribution in [2.75, 3.05) is 12.4 Å². The first-order chi connectivity index (χ1) is 19.6. The number of carbonyl (C=O) groups is 2. The van der Waals surface area contributed by atoms with Crippen molar-refractivity contribution >= 4 is 41.9 Å². The van der Waals surface area contributed by atoms with Crippen LogP contribution in [0.2, 0.25) is 0 Å². The molecule has 1 aromatic heterocycles. The second-order valence-corrected chi connectivity index (χ2v) is 9.77. The summed E-state index contributed by atoms with van der Waals surface area (Å²) in [5, 5.41) is 9.37. The fourth-order valence-electron chi connectivity index (χ4n) is 4.82. The number of amides is 1. The zero-order chi connectivity index (χ0) is 30.0. The summed E-state index contributed by atoms with van der Waals surface area (Å²) in [5.41, 5.74) is 3.85. The lowest BCUT2D eigenvalue weighted by Gasteiger charge is -2.29. The molecule has 7 nitrogen and oxygen atoms in total. The number of carboxylic acid groups (broad SMARTS) is 1. The van der Waals surface area contributed by atoms with Gasteiger partial charge in [0.1, 0.15) is 5.82 Å². The Hall–Kier alpha value is -3.90. The lowest BCUT2D eigenvalue weighted by Crippen LogP contribution is -2.28. The highest BCUT2D eigenvalue weighted by molar-refractivity contribution is 7.78. The minimum atomic E-state index is -4.64. The van der Waals surface area contributed by atoms with Crippen LogP contribution < -0.4 is 10.0 Å². The van der Waals surface area contributed by atoms with E-state index in [1.807, 2.05) is 12.1 Å². The number of hydrogen-bond donors (Lipinski definition) is 5. The lowest BCUT2D eigenvalue weighted by atomic mass is 9.77. The molecule has 1 amide bonds. The average Bonchev–Trinajstić information content (AvgIpc) is 3.43. The number of imidazole rings is 1. The molecule has 0 saturated heterocycles. The number of H-pyrrole nitrogens is 1. The molecule has 2 atom stereocenters. The maximum absolute atomic E-state index is 14.2. The lowest BCUT2D eigenvalue weighted by molar-refractivity contribution is -0.137. The molecule has 1 aliphatic carbocycles. The number of nitrogens with zero attached hydrogens (tertiary/aromatic N) is 1. The number of nitrogens with one attached hydrogen (secondary N) is 3. The quantitative estimate of drug-likeness (QED) is 0.0995. The summed E-state index contributed by atoms with van der Waals surface area (Å²) in [6, 6.07) is 16.5. The maximum atomic E-state index is 14.2. The van der Waals surface area contributed by atoms with Gasteiger partial charge in [-0.1, -0.05) is 49.6 Å². The number of carbonyl (C=O) groups excluding carboxylic acids is 1. The zero-order valence-corrected chi connectivity index (χ0v) is 23.0. The van der Waals surface area contributed by atoms with Crippen LogP contribution in [0.3, 0.4) is 0 Å². The van der Waals surface area contributed by atoms with Crippen molar-refractivity contribution in [3.63, 3.8) is 0 Å². The van der Waals surface area contributed by atoms with Crippen molar-refractivity contribution in [1.29, 1.82) is 0 Å². The summed E-state index contributed by atoms with van der Waals surface area (Å²) in [7, 11) is 1.74. The van der Waals surface area contributed by atoms with Gasteiger partial charge in [-0.25, -0.2) is 9.37 Å². The largest absolute Gasteiger partial charge is 0.483 e. The number of aromatic amines is 1. The number of hydrogen-bond acceptors (Lipinski definition) is 5. The van der Waals surface area contributed by atoms with E-state index in [0.29, 0.717) is 18.9 Å². The van der Waals surface area contributed by atoms with E-state index in [-0.39, 0.29) is 29.9 Å². The van der Waals surface area contributed by atoms with Crippen LogP contribution in [0.4, 0.5) is 23.2 Å².